The van der Waals surface area contributed by atoms with E-state index in [0.29, 0.717) is 21.5 Å². The lowest BCUT2D eigenvalue weighted by molar-refractivity contribution is 0.305. The molecule has 3 rings (SSSR count). The number of allylic oxidation sites excluding steroid dienone is 1. The van der Waals surface area contributed by atoms with Crippen molar-refractivity contribution >= 4 is 28.8 Å². The molecule has 1 heterocycles. The van der Waals surface area contributed by atoms with Gasteiger partial charge in [0.05, 0.1) is 10.7 Å². The third-order valence-electron chi connectivity index (χ3n) is 3.83. The molecule has 0 spiro atoms. The van der Waals surface area contributed by atoms with E-state index >= 15 is 0 Å². The van der Waals surface area contributed by atoms with Crippen LogP contribution in [0.4, 0.5) is 0 Å². The fraction of sp³-hybridized carbons (Fsp3) is 0.167. The fourth-order valence-corrected chi connectivity index (χ4v) is 2.86. The molecule has 0 N–H and O–H groups in total. The Morgan fingerprint density at radius 3 is 2.65 bits per heavy atom. The molecule has 8 heteroatoms. The van der Waals surface area contributed by atoms with E-state index in [1.54, 1.807) is 24.3 Å². The highest BCUT2D eigenvalue weighted by Gasteiger charge is 2.16. The summed E-state index contributed by atoms with van der Waals surface area (Å²) >= 11 is 12.2. The molecule has 0 amide bonds. The summed E-state index contributed by atoms with van der Waals surface area (Å²) in [5, 5.41) is 8.65. The second-order valence-electron chi connectivity index (χ2n) is 5.74. The topological polar surface area (TPSA) is 61.9 Å². The molecule has 26 heavy (non-hydrogen) atoms. The number of hydrogen-bond donors (Lipinski definition) is 0. The van der Waals surface area contributed by atoms with Gasteiger partial charge >= 0.3 is 5.69 Å². The van der Waals surface area contributed by atoms with Gasteiger partial charge in [0.1, 0.15) is 12.4 Å². The van der Waals surface area contributed by atoms with Crippen LogP contribution in [0.5, 0.6) is 5.75 Å². The average Bonchev–Trinajstić information content (AvgIpc) is 2.94. The van der Waals surface area contributed by atoms with Gasteiger partial charge in [-0.2, -0.15) is 9.36 Å². The minimum atomic E-state index is -0.356. The lowest BCUT2D eigenvalue weighted by atomic mass is 10.0. The number of aromatic nitrogens is 4. The predicted octanol–water partition coefficient (Wildman–Crippen LogP) is 3.88. The molecule has 1 aromatic heterocycles. The number of hydrogen-bond acceptors (Lipinski definition) is 4. The molecule has 0 unspecified atom stereocenters. The molecule has 0 fully saturated rings. The summed E-state index contributed by atoms with van der Waals surface area (Å²) in [4.78, 5) is 12.3. The van der Waals surface area contributed by atoms with Crippen molar-refractivity contribution in [1.29, 1.82) is 0 Å². The quantitative estimate of drug-likeness (QED) is 0.662. The predicted molar refractivity (Wildman–Crippen MR) is 102 cm³/mol. The summed E-state index contributed by atoms with van der Waals surface area (Å²) in [7, 11) is 1.54. The van der Waals surface area contributed by atoms with Crippen molar-refractivity contribution in [3.8, 4) is 11.4 Å². The zero-order chi connectivity index (χ0) is 18.8. The first kappa shape index (κ1) is 18.2. The van der Waals surface area contributed by atoms with E-state index in [4.69, 9.17) is 27.9 Å². The van der Waals surface area contributed by atoms with Crippen molar-refractivity contribution in [1.82, 2.24) is 19.8 Å². The van der Waals surface area contributed by atoms with Crippen LogP contribution in [-0.4, -0.2) is 19.8 Å². The Labute approximate surface area is 160 Å². The largest absolute Gasteiger partial charge is 0.487 e. The average molecular weight is 391 g/mol. The SMILES string of the molecule is C=C(C)c1cccc(-n2nnn(C)c2=O)c1COc1cc(Cl)ccc1Cl. The van der Waals surface area contributed by atoms with E-state index in [1.807, 2.05) is 19.1 Å². The zero-order valence-electron chi connectivity index (χ0n) is 14.2. The smallest absolute Gasteiger partial charge is 0.368 e. The molecule has 0 aliphatic heterocycles. The second kappa shape index (κ2) is 7.35. The van der Waals surface area contributed by atoms with Crippen LogP contribution >= 0.6 is 23.2 Å². The van der Waals surface area contributed by atoms with E-state index < -0.39 is 0 Å². The third kappa shape index (κ3) is 3.52. The van der Waals surface area contributed by atoms with Crippen molar-refractivity contribution in [2.75, 3.05) is 0 Å². The molecule has 6 nitrogen and oxygen atoms in total. The van der Waals surface area contributed by atoms with E-state index in [9.17, 15) is 4.79 Å². The molecular weight excluding hydrogens is 375 g/mol. The first-order chi connectivity index (χ1) is 12.4. The molecule has 134 valence electrons. The lowest BCUT2D eigenvalue weighted by Crippen LogP contribution is -2.23. The number of tetrazole rings is 1. The standard InChI is InChI=1S/C18H16Cl2N4O2/c1-11(2)13-5-4-6-16(24-18(25)23(3)21-22-24)14(13)10-26-17-9-12(19)7-8-15(17)20/h4-9H,1,10H2,2-3H3. The number of aryl methyl sites for hydroxylation is 1. The Morgan fingerprint density at radius 2 is 2.00 bits per heavy atom. The molecule has 0 aliphatic rings. The summed E-state index contributed by atoms with van der Waals surface area (Å²) in [5.41, 5.74) is 2.66. The maximum Gasteiger partial charge on any atom is 0.368 e. The van der Waals surface area contributed by atoms with Crippen LogP contribution < -0.4 is 10.4 Å². The molecular formula is C18H16Cl2N4O2. The van der Waals surface area contributed by atoms with Gasteiger partial charge in [-0.3, -0.25) is 0 Å². The van der Waals surface area contributed by atoms with Gasteiger partial charge in [0.2, 0.25) is 0 Å². The highest BCUT2D eigenvalue weighted by molar-refractivity contribution is 6.34. The first-order valence-electron chi connectivity index (χ1n) is 7.73. The van der Waals surface area contributed by atoms with Gasteiger partial charge in [-0.25, -0.2) is 4.79 Å². The molecule has 0 saturated heterocycles. The van der Waals surface area contributed by atoms with Crippen LogP contribution in [0.25, 0.3) is 11.3 Å². The second-order valence-corrected chi connectivity index (χ2v) is 6.59. The summed E-state index contributed by atoms with van der Waals surface area (Å²) < 4.78 is 8.26. The van der Waals surface area contributed by atoms with Crippen LogP contribution in [0.3, 0.4) is 0 Å². The number of nitrogens with zero attached hydrogens (tertiary/aromatic N) is 4. The fourth-order valence-electron chi connectivity index (χ4n) is 2.53. The Kier molecular flexibility index (Phi) is 5.15. The molecule has 0 radical (unpaired) electrons. The minimum Gasteiger partial charge on any atom is -0.487 e. The highest BCUT2D eigenvalue weighted by Crippen LogP contribution is 2.30. The van der Waals surface area contributed by atoms with E-state index in [0.717, 1.165) is 21.4 Å². The number of benzene rings is 2. The summed E-state index contributed by atoms with van der Waals surface area (Å²) in [6.07, 6.45) is 0. The summed E-state index contributed by atoms with van der Waals surface area (Å²) in [6.45, 7) is 6.04. The lowest BCUT2D eigenvalue weighted by Gasteiger charge is -2.15. The van der Waals surface area contributed by atoms with Crippen LogP contribution in [0.1, 0.15) is 18.1 Å². The van der Waals surface area contributed by atoms with Crippen LogP contribution in [0.2, 0.25) is 10.0 Å². The van der Waals surface area contributed by atoms with Crippen LogP contribution in [-0.2, 0) is 13.7 Å². The van der Waals surface area contributed by atoms with E-state index in [-0.39, 0.29) is 12.3 Å². The maximum absolute atomic E-state index is 12.3. The molecule has 2 aromatic carbocycles. The van der Waals surface area contributed by atoms with Crippen LogP contribution in [0.15, 0.2) is 47.8 Å². The first-order valence-corrected chi connectivity index (χ1v) is 8.49. The Hall–Kier alpha value is -2.57. The molecule has 3 aromatic rings. The normalized spacial score (nSPS) is 10.8. The zero-order valence-corrected chi connectivity index (χ0v) is 15.8. The van der Waals surface area contributed by atoms with Crippen molar-refractivity contribution in [2.45, 2.75) is 13.5 Å². The molecule has 0 atom stereocenters. The van der Waals surface area contributed by atoms with Gasteiger partial charge in [0, 0.05) is 23.7 Å². The molecule has 0 bridgehead atoms. The van der Waals surface area contributed by atoms with Gasteiger partial charge in [-0.15, -0.1) is 0 Å². The van der Waals surface area contributed by atoms with Crippen molar-refractivity contribution < 1.29 is 4.74 Å². The van der Waals surface area contributed by atoms with Gasteiger partial charge in [0.15, 0.2) is 0 Å². The Balaban J connectivity index is 2.07. The van der Waals surface area contributed by atoms with Crippen molar-refractivity contribution in [3.63, 3.8) is 0 Å². The summed E-state index contributed by atoms with van der Waals surface area (Å²) in [6, 6.07) is 10.5. The van der Waals surface area contributed by atoms with E-state index in [1.165, 1.54) is 11.7 Å². The summed E-state index contributed by atoms with van der Waals surface area (Å²) in [5.74, 6) is 0.452. The number of halogens is 2. The van der Waals surface area contributed by atoms with Gasteiger partial charge in [-0.05, 0) is 41.1 Å². The van der Waals surface area contributed by atoms with Crippen molar-refractivity contribution in [2.24, 2.45) is 7.05 Å². The minimum absolute atomic E-state index is 0.154. The number of ether oxygens (including phenoxy) is 1. The van der Waals surface area contributed by atoms with Gasteiger partial charge in [-0.1, -0.05) is 47.5 Å². The molecule has 0 aliphatic carbocycles. The van der Waals surface area contributed by atoms with Crippen LogP contribution in [0, 0.1) is 0 Å². The highest BCUT2D eigenvalue weighted by atomic mass is 35.5. The van der Waals surface area contributed by atoms with Gasteiger partial charge in [0.25, 0.3) is 0 Å². The van der Waals surface area contributed by atoms with E-state index in [2.05, 4.69) is 17.0 Å². The Bertz CT molecular complexity index is 1040. The van der Waals surface area contributed by atoms with Crippen molar-refractivity contribution in [3.05, 3.63) is 74.6 Å². The number of rotatable bonds is 5. The Morgan fingerprint density at radius 1 is 1.23 bits per heavy atom. The maximum atomic E-state index is 12.3. The monoisotopic (exact) mass is 390 g/mol. The van der Waals surface area contributed by atoms with Gasteiger partial charge < -0.3 is 4.74 Å². The molecule has 0 saturated carbocycles. The third-order valence-corrected chi connectivity index (χ3v) is 4.37.